The molecule has 1 aliphatic heterocycles. The Balaban J connectivity index is 1.71. The second-order valence-corrected chi connectivity index (χ2v) is 8.26. The molecule has 142 valence electrons. The maximum atomic E-state index is 12.3. The molecule has 0 amide bonds. The Bertz CT molecular complexity index is 1140. The van der Waals surface area contributed by atoms with E-state index >= 15 is 0 Å². The van der Waals surface area contributed by atoms with E-state index in [1.54, 1.807) is 19.2 Å². The van der Waals surface area contributed by atoms with Crippen molar-refractivity contribution in [2.24, 2.45) is 10.9 Å². The van der Waals surface area contributed by atoms with Crippen molar-refractivity contribution in [1.29, 1.82) is 0 Å². The number of rotatable bonds is 3. The van der Waals surface area contributed by atoms with E-state index in [-0.39, 0.29) is 11.6 Å². The number of allylic oxidation sites excluding steroid dienone is 3. The van der Waals surface area contributed by atoms with Gasteiger partial charge in [-0.3, -0.25) is 9.78 Å². The van der Waals surface area contributed by atoms with Gasteiger partial charge in [0, 0.05) is 48.0 Å². The molecule has 5 nitrogen and oxygen atoms in total. The smallest absolute Gasteiger partial charge is 0.162 e. The fourth-order valence-electron chi connectivity index (χ4n) is 4.73. The summed E-state index contributed by atoms with van der Waals surface area (Å²) < 4.78 is 2.25. The number of carbonyl (C=O) groups is 2. The molecule has 0 fully saturated rings. The maximum Gasteiger partial charge on any atom is 0.162 e. The molecular formula is C22H20ClN3O2. The van der Waals surface area contributed by atoms with E-state index < -0.39 is 0 Å². The van der Waals surface area contributed by atoms with Crippen LogP contribution in [0.3, 0.4) is 0 Å². The lowest BCUT2D eigenvalue weighted by molar-refractivity contribution is -0.117. The number of halogens is 1. The number of hydrogen-bond donors (Lipinski definition) is 0. The van der Waals surface area contributed by atoms with Crippen molar-refractivity contribution >= 4 is 50.6 Å². The number of aromatic nitrogens is 2. The zero-order valence-electron chi connectivity index (χ0n) is 15.7. The fourth-order valence-corrected chi connectivity index (χ4v) is 5.01. The summed E-state index contributed by atoms with van der Waals surface area (Å²) in [5.41, 5.74) is 5.88. The number of ketones is 2. The Morgan fingerprint density at radius 2 is 2.25 bits per heavy atom. The van der Waals surface area contributed by atoms with Crippen LogP contribution in [0.2, 0.25) is 0 Å². The van der Waals surface area contributed by atoms with Crippen LogP contribution in [0, 0.1) is 5.92 Å². The van der Waals surface area contributed by atoms with Crippen LogP contribution in [0.4, 0.5) is 0 Å². The van der Waals surface area contributed by atoms with Gasteiger partial charge in [-0.05, 0) is 50.2 Å². The van der Waals surface area contributed by atoms with E-state index in [1.165, 1.54) is 5.70 Å². The third kappa shape index (κ3) is 2.68. The Morgan fingerprint density at radius 1 is 1.39 bits per heavy atom. The molecule has 5 rings (SSSR count). The molecule has 0 bridgehead atoms. The number of carbonyl (C=O) groups excluding carboxylic acids is 2. The predicted octanol–water partition coefficient (Wildman–Crippen LogP) is 4.53. The quantitative estimate of drug-likeness (QED) is 0.769. The summed E-state index contributed by atoms with van der Waals surface area (Å²) in [6, 6.07) is 2.00. The summed E-state index contributed by atoms with van der Waals surface area (Å²) in [5, 5.41) is 1.48. The Kier molecular flexibility index (Phi) is 4.09. The first-order chi connectivity index (χ1) is 13.5. The Hall–Kier alpha value is -2.53. The number of nitrogens with zero attached hydrogens (tertiary/aromatic N) is 3. The maximum absolute atomic E-state index is 12.3. The van der Waals surface area contributed by atoms with Gasteiger partial charge in [0.1, 0.15) is 11.0 Å². The van der Waals surface area contributed by atoms with Crippen LogP contribution in [0.25, 0.3) is 22.3 Å². The van der Waals surface area contributed by atoms with Gasteiger partial charge in [-0.25, -0.2) is 4.99 Å². The minimum Gasteiger partial charge on any atom is -0.311 e. The Morgan fingerprint density at radius 3 is 3.07 bits per heavy atom. The molecule has 3 heterocycles. The number of aliphatic imine (C=N–C) groups is 1. The van der Waals surface area contributed by atoms with Gasteiger partial charge < -0.3 is 9.36 Å². The molecule has 6 heteroatoms. The van der Waals surface area contributed by atoms with Crippen LogP contribution < -0.4 is 0 Å². The molecule has 28 heavy (non-hydrogen) atoms. The summed E-state index contributed by atoms with van der Waals surface area (Å²) in [5.74, 6) is 0.694. The Labute approximate surface area is 167 Å². The second kappa shape index (κ2) is 6.52. The molecule has 0 saturated carbocycles. The van der Waals surface area contributed by atoms with Gasteiger partial charge in [0.05, 0.1) is 16.9 Å². The van der Waals surface area contributed by atoms with Gasteiger partial charge >= 0.3 is 0 Å². The molecule has 0 spiro atoms. The fraction of sp³-hybridized carbons (Fsp3) is 0.364. The van der Waals surface area contributed by atoms with E-state index in [4.69, 9.17) is 11.6 Å². The minimum absolute atomic E-state index is 0.0397. The molecule has 0 N–H and O–H groups in total. The summed E-state index contributed by atoms with van der Waals surface area (Å²) in [6.07, 6.45) is 9.80. The molecule has 2 aromatic rings. The largest absolute Gasteiger partial charge is 0.311 e. The molecule has 1 unspecified atom stereocenters. The number of pyridine rings is 1. The molecule has 0 radical (unpaired) electrons. The van der Waals surface area contributed by atoms with Crippen molar-refractivity contribution in [3.05, 3.63) is 41.4 Å². The average molecular weight is 394 g/mol. The van der Waals surface area contributed by atoms with Gasteiger partial charge in [-0.15, -0.1) is 0 Å². The van der Waals surface area contributed by atoms with Crippen LogP contribution >= 0.6 is 11.6 Å². The molecule has 2 aromatic heterocycles. The highest BCUT2D eigenvalue weighted by Crippen LogP contribution is 2.45. The van der Waals surface area contributed by atoms with Gasteiger partial charge in [0.2, 0.25) is 0 Å². The zero-order chi connectivity index (χ0) is 19.4. The predicted molar refractivity (Wildman–Crippen MR) is 110 cm³/mol. The lowest BCUT2D eigenvalue weighted by Gasteiger charge is -2.27. The van der Waals surface area contributed by atoms with Crippen molar-refractivity contribution in [3.63, 3.8) is 0 Å². The van der Waals surface area contributed by atoms with E-state index in [1.807, 2.05) is 12.3 Å². The molecule has 2 aliphatic carbocycles. The zero-order valence-corrected chi connectivity index (χ0v) is 16.4. The van der Waals surface area contributed by atoms with Crippen LogP contribution in [0.5, 0.6) is 0 Å². The summed E-state index contributed by atoms with van der Waals surface area (Å²) in [4.78, 5) is 32.7. The normalized spacial score (nSPS) is 21.1. The van der Waals surface area contributed by atoms with Gasteiger partial charge in [-0.2, -0.15) is 0 Å². The third-order valence-corrected chi connectivity index (χ3v) is 6.35. The first-order valence-corrected chi connectivity index (χ1v) is 10.1. The molecule has 3 aliphatic rings. The van der Waals surface area contributed by atoms with Crippen LogP contribution in [0.15, 0.2) is 35.1 Å². The van der Waals surface area contributed by atoms with E-state index in [9.17, 15) is 9.59 Å². The topological polar surface area (TPSA) is 64.3 Å². The third-order valence-electron chi connectivity index (χ3n) is 6.04. The van der Waals surface area contributed by atoms with E-state index in [0.717, 1.165) is 53.4 Å². The highest BCUT2D eigenvalue weighted by Gasteiger charge is 2.34. The van der Waals surface area contributed by atoms with Crippen LogP contribution in [0.1, 0.15) is 50.3 Å². The first kappa shape index (κ1) is 17.6. The first-order valence-electron chi connectivity index (χ1n) is 9.71. The lowest BCUT2D eigenvalue weighted by Crippen LogP contribution is -2.17. The average Bonchev–Trinajstić information content (AvgIpc) is 2.94. The van der Waals surface area contributed by atoms with Gasteiger partial charge in [-0.1, -0.05) is 11.6 Å². The summed E-state index contributed by atoms with van der Waals surface area (Å²) in [7, 11) is 0. The van der Waals surface area contributed by atoms with Crippen molar-refractivity contribution in [3.8, 4) is 0 Å². The number of Topliss-reactive ketones (excluding diaryl/α,β-unsaturated/α-hetero) is 1. The van der Waals surface area contributed by atoms with Crippen molar-refractivity contribution in [2.45, 2.75) is 45.4 Å². The number of hydrogen-bond acceptors (Lipinski definition) is 4. The molecule has 0 aromatic carbocycles. The van der Waals surface area contributed by atoms with E-state index in [0.29, 0.717) is 29.6 Å². The SMILES string of the molecule is CC(=O)CCC1CCC2=C(C1)C(Cl)=NC1=CC(=O)Cc3c1n2c1ccncc31. The van der Waals surface area contributed by atoms with Crippen molar-refractivity contribution in [1.82, 2.24) is 9.55 Å². The van der Waals surface area contributed by atoms with Crippen LogP contribution in [-0.2, 0) is 16.0 Å². The highest BCUT2D eigenvalue weighted by atomic mass is 35.5. The highest BCUT2D eigenvalue weighted by molar-refractivity contribution is 6.70. The van der Waals surface area contributed by atoms with Crippen LogP contribution in [-0.4, -0.2) is 26.3 Å². The van der Waals surface area contributed by atoms with Gasteiger partial charge in [0.15, 0.2) is 5.78 Å². The molecule has 1 atom stereocenters. The van der Waals surface area contributed by atoms with Crippen molar-refractivity contribution < 1.29 is 9.59 Å². The van der Waals surface area contributed by atoms with E-state index in [2.05, 4.69) is 14.5 Å². The summed E-state index contributed by atoms with van der Waals surface area (Å²) in [6.45, 7) is 1.64. The second-order valence-electron chi connectivity index (χ2n) is 7.91. The van der Waals surface area contributed by atoms with Crippen molar-refractivity contribution in [2.75, 3.05) is 0 Å². The lowest BCUT2D eigenvalue weighted by atomic mass is 9.83. The number of fused-ring (bicyclic) bond motifs is 4. The minimum atomic E-state index is 0.0397. The molecule has 0 saturated heterocycles. The monoisotopic (exact) mass is 393 g/mol. The van der Waals surface area contributed by atoms with Gasteiger partial charge in [0.25, 0.3) is 0 Å². The molecular weight excluding hydrogens is 374 g/mol. The standard InChI is InChI=1S/C22H20ClN3O2/c1-12(27)2-3-13-4-5-19-16(8-13)22(23)25-18-10-14(28)9-15-17-11-24-7-6-20(17)26(19)21(15)18/h6-7,10-11,13H,2-5,8-9H2,1H3. The summed E-state index contributed by atoms with van der Waals surface area (Å²) >= 11 is 6.67.